The van der Waals surface area contributed by atoms with Crippen molar-refractivity contribution in [3.63, 3.8) is 0 Å². The molecule has 1 N–H and O–H groups in total. The molecule has 0 radical (unpaired) electrons. The second-order valence-corrected chi connectivity index (χ2v) is 8.20. The number of carbonyl (C=O) groups excluding carboxylic acids is 1. The zero-order valence-electron chi connectivity index (χ0n) is 14.8. The standard InChI is InChI=1S/C20H21N3OS2/c1-3-15(14-10-6-5-7-11-14)22-23-19(24)17(4-2)25-20-21-16-12-8-9-13-18(16)26-20/h5-13,17H,3-4H2,1-2H3,(H,23,24)/t17-/m1/s1. The number of thiazole rings is 1. The predicted molar refractivity (Wildman–Crippen MR) is 111 cm³/mol. The lowest BCUT2D eigenvalue weighted by molar-refractivity contribution is -0.120. The van der Waals surface area contributed by atoms with E-state index in [-0.39, 0.29) is 11.2 Å². The number of hydrazone groups is 1. The van der Waals surface area contributed by atoms with E-state index >= 15 is 0 Å². The van der Waals surface area contributed by atoms with Crippen molar-refractivity contribution in [2.45, 2.75) is 36.3 Å². The van der Waals surface area contributed by atoms with Crippen LogP contribution >= 0.6 is 23.1 Å². The second-order valence-electron chi connectivity index (χ2n) is 5.72. The van der Waals surface area contributed by atoms with Crippen LogP contribution in [-0.4, -0.2) is 21.9 Å². The summed E-state index contributed by atoms with van der Waals surface area (Å²) in [5, 5.41) is 4.14. The fraction of sp³-hybridized carbons (Fsp3) is 0.250. The maximum Gasteiger partial charge on any atom is 0.253 e. The van der Waals surface area contributed by atoms with Crippen LogP contribution in [0.4, 0.5) is 0 Å². The number of para-hydroxylation sites is 1. The highest BCUT2D eigenvalue weighted by Crippen LogP contribution is 2.33. The van der Waals surface area contributed by atoms with E-state index in [0.717, 1.165) is 38.7 Å². The Morgan fingerprint density at radius 2 is 1.88 bits per heavy atom. The van der Waals surface area contributed by atoms with Gasteiger partial charge in [0.25, 0.3) is 5.91 Å². The number of amides is 1. The molecule has 0 aliphatic rings. The minimum absolute atomic E-state index is 0.0846. The quantitative estimate of drug-likeness (QED) is 0.351. The Balaban J connectivity index is 1.69. The molecule has 4 nitrogen and oxygen atoms in total. The average Bonchev–Trinajstić information content (AvgIpc) is 3.09. The van der Waals surface area contributed by atoms with Gasteiger partial charge in [-0.1, -0.05) is 68.1 Å². The molecule has 6 heteroatoms. The van der Waals surface area contributed by atoms with Crippen LogP contribution in [0.1, 0.15) is 32.3 Å². The molecule has 134 valence electrons. The van der Waals surface area contributed by atoms with Crippen LogP contribution in [0.2, 0.25) is 0 Å². The lowest BCUT2D eigenvalue weighted by Crippen LogP contribution is -2.29. The number of nitrogens with one attached hydrogen (secondary N) is 1. The zero-order chi connectivity index (χ0) is 18.4. The minimum atomic E-state index is -0.215. The Morgan fingerprint density at radius 3 is 2.58 bits per heavy atom. The van der Waals surface area contributed by atoms with Crippen molar-refractivity contribution in [2.75, 3.05) is 0 Å². The topological polar surface area (TPSA) is 54.4 Å². The summed E-state index contributed by atoms with van der Waals surface area (Å²) in [5.41, 5.74) is 5.62. The highest BCUT2D eigenvalue weighted by atomic mass is 32.2. The number of nitrogens with zero attached hydrogens (tertiary/aromatic N) is 2. The van der Waals surface area contributed by atoms with Gasteiger partial charge in [0.15, 0.2) is 4.34 Å². The molecule has 1 aromatic heterocycles. The number of hydrogen-bond acceptors (Lipinski definition) is 5. The molecule has 3 aromatic rings. The molecule has 1 amide bonds. The maximum absolute atomic E-state index is 12.6. The van der Waals surface area contributed by atoms with Gasteiger partial charge in [0.05, 0.1) is 21.2 Å². The molecular formula is C20H21N3OS2. The number of benzene rings is 2. The normalized spacial score (nSPS) is 12.9. The molecule has 0 unspecified atom stereocenters. The molecule has 0 aliphatic carbocycles. The van der Waals surface area contributed by atoms with E-state index in [1.54, 1.807) is 11.3 Å². The first-order valence-electron chi connectivity index (χ1n) is 8.65. The first-order chi connectivity index (χ1) is 12.7. The summed E-state index contributed by atoms with van der Waals surface area (Å²) in [6.07, 6.45) is 1.47. The SMILES string of the molecule is CCC(=NNC(=O)[C@@H](CC)Sc1nc2ccccc2s1)c1ccccc1. The van der Waals surface area contributed by atoms with Gasteiger partial charge in [-0.2, -0.15) is 5.10 Å². The molecule has 3 rings (SSSR count). The smallest absolute Gasteiger partial charge is 0.253 e. The van der Waals surface area contributed by atoms with Crippen molar-refractivity contribution in [1.82, 2.24) is 10.4 Å². The van der Waals surface area contributed by atoms with E-state index in [9.17, 15) is 4.79 Å². The summed E-state index contributed by atoms with van der Waals surface area (Å²) in [6.45, 7) is 4.04. The number of carbonyl (C=O) groups is 1. The zero-order valence-corrected chi connectivity index (χ0v) is 16.4. The molecule has 0 saturated carbocycles. The minimum Gasteiger partial charge on any atom is -0.272 e. The van der Waals surface area contributed by atoms with Crippen molar-refractivity contribution >= 4 is 44.9 Å². The molecule has 1 heterocycles. The first kappa shape index (κ1) is 18.6. The molecule has 0 aliphatic heterocycles. The van der Waals surface area contributed by atoms with E-state index in [4.69, 9.17) is 0 Å². The third-order valence-corrected chi connectivity index (χ3v) is 6.42. The summed E-state index contributed by atoms with van der Waals surface area (Å²) in [5.74, 6) is -0.0846. The lowest BCUT2D eigenvalue weighted by atomic mass is 10.1. The Morgan fingerprint density at radius 1 is 1.15 bits per heavy atom. The van der Waals surface area contributed by atoms with E-state index in [1.807, 2.05) is 62.4 Å². The van der Waals surface area contributed by atoms with E-state index in [2.05, 4.69) is 21.6 Å². The van der Waals surface area contributed by atoms with E-state index in [1.165, 1.54) is 11.8 Å². The van der Waals surface area contributed by atoms with Crippen LogP contribution in [0.3, 0.4) is 0 Å². The largest absolute Gasteiger partial charge is 0.272 e. The third-order valence-electron chi connectivity index (χ3n) is 3.92. The van der Waals surface area contributed by atoms with E-state index in [0.29, 0.717) is 0 Å². The summed E-state index contributed by atoms with van der Waals surface area (Å²) in [4.78, 5) is 17.2. The van der Waals surface area contributed by atoms with Gasteiger partial charge in [-0.15, -0.1) is 11.3 Å². The monoisotopic (exact) mass is 383 g/mol. The molecule has 26 heavy (non-hydrogen) atoms. The number of fused-ring (bicyclic) bond motifs is 1. The second kappa shape index (κ2) is 8.96. The van der Waals surface area contributed by atoms with Crippen molar-refractivity contribution in [1.29, 1.82) is 0 Å². The van der Waals surface area contributed by atoms with Gasteiger partial charge in [-0.05, 0) is 30.5 Å². The molecule has 0 bridgehead atoms. The van der Waals surface area contributed by atoms with Gasteiger partial charge in [0.2, 0.25) is 0 Å². The Kier molecular flexibility index (Phi) is 6.41. The summed E-state index contributed by atoms with van der Waals surface area (Å²) < 4.78 is 2.05. The van der Waals surface area contributed by atoms with E-state index < -0.39 is 0 Å². The molecule has 1 atom stereocenters. The van der Waals surface area contributed by atoms with Gasteiger partial charge in [0, 0.05) is 0 Å². The fourth-order valence-electron chi connectivity index (χ4n) is 2.52. The maximum atomic E-state index is 12.6. The number of thioether (sulfide) groups is 1. The number of hydrogen-bond donors (Lipinski definition) is 1. The molecule has 2 aromatic carbocycles. The van der Waals surface area contributed by atoms with Gasteiger partial charge >= 0.3 is 0 Å². The third kappa shape index (κ3) is 4.51. The first-order valence-corrected chi connectivity index (χ1v) is 10.3. The van der Waals surface area contributed by atoms with Crippen LogP contribution < -0.4 is 5.43 Å². The van der Waals surface area contributed by atoms with Gasteiger partial charge in [0.1, 0.15) is 0 Å². The summed E-state index contributed by atoms with van der Waals surface area (Å²) in [7, 11) is 0. The fourth-order valence-corrected chi connectivity index (χ4v) is 4.75. The van der Waals surface area contributed by atoms with Crippen LogP contribution in [0, 0.1) is 0 Å². The lowest BCUT2D eigenvalue weighted by Gasteiger charge is -2.11. The van der Waals surface area contributed by atoms with Gasteiger partial charge < -0.3 is 0 Å². The van der Waals surface area contributed by atoms with Crippen molar-refractivity contribution in [3.8, 4) is 0 Å². The van der Waals surface area contributed by atoms with Crippen LogP contribution in [0.25, 0.3) is 10.2 Å². The average molecular weight is 384 g/mol. The molecule has 0 saturated heterocycles. The summed E-state index contributed by atoms with van der Waals surface area (Å²) in [6, 6.07) is 17.9. The Hall–Kier alpha value is -2.18. The number of aromatic nitrogens is 1. The number of rotatable bonds is 7. The van der Waals surface area contributed by atoms with Crippen molar-refractivity contribution in [2.24, 2.45) is 5.10 Å². The predicted octanol–water partition coefficient (Wildman–Crippen LogP) is 5.10. The van der Waals surface area contributed by atoms with Gasteiger partial charge in [-0.3, -0.25) is 4.79 Å². The van der Waals surface area contributed by atoms with Crippen molar-refractivity contribution in [3.05, 3.63) is 60.2 Å². The van der Waals surface area contributed by atoms with Crippen LogP contribution in [0.15, 0.2) is 64.0 Å². The highest BCUT2D eigenvalue weighted by molar-refractivity contribution is 8.02. The Bertz CT molecular complexity index is 873. The summed E-state index contributed by atoms with van der Waals surface area (Å²) >= 11 is 3.12. The van der Waals surface area contributed by atoms with Crippen LogP contribution in [0.5, 0.6) is 0 Å². The molecular weight excluding hydrogens is 362 g/mol. The molecule has 0 fully saturated rings. The molecule has 0 spiro atoms. The van der Waals surface area contributed by atoms with Crippen LogP contribution in [-0.2, 0) is 4.79 Å². The highest BCUT2D eigenvalue weighted by Gasteiger charge is 2.20. The van der Waals surface area contributed by atoms with Gasteiger partial charge in [-0.25, -0.2) is 10.4 Å². The Labute approximate surface area is 161 Å². The van der Waals surface area contributed by atoms with Crippen molar-refractivity contribution < 1.29 is 4.79 Å².